The zero-order valence-electron chi connectivity index (χ0n) is 16.0. The second kappa shape index (κ2) is 9.78. The Morgan fingerprint density at radius 2 is 2.03 bits per heavy atom. The molecular formula is C20H20ClN3O4S. The van der Waals surface area contributed by atoms with E-state index in [2.05, 4.69) is 10.3 Å². The fourth-order valence-electron chi connectivity index (χ4n) is 2.76. The van der Waals surface area contributed by atoms with Crippen molar-refractivity contribution in [1.82, 2.24) is 9.55 Å². The van der Waals surface area contributed by atoms with Gasteiger partial charge in [-0.15, -0.1) is 0 Å². The molecule has 9 heteroatoms. The van der Waals surface area contributed by atoms with Crippen molar-refractivity contribution in [3.05, 3.63) is 53.1 Å². The number of amides is 1. The predicted octanol–water partition coefficient (Wildman–Crippen LogP) is 3.85. The molecule has 0 radical (unpaired) electrons. The first-order valence-electron chi connectivity index (χ1n) is 8.77. The van der Waals surface area contributed by atoms with Gasteiger partial charge in [0, 0.05) is 24.4 Å². The molecule has 0 aliphatic carbocycles. The van der Waals surface area contributed by atoms with Crippen LogP contribution in [0.5, 0.6) is 0 Å². The van der Waals surface area contributed by atoms with Crippen LogP contribution in [0.25, 0.3) is 11.0 Å². The third-order valence-electron chi connectivity index (χ3n) is 4.09. The van der Waals surface area contributed by atoms with Gasteiger partial charge >= 0.3 is 5.97 Å². The summed E-state index contributed by atoms with van der Waals surface area (Å²) >= 11 is 7.39. The van der Waals surface area contributed by atoms with E-state index in [4.69, 9.17) is 21.1 Å². The molecule has 0 bridgehead atoms. The van der Waals surface area contributed by atoms with Crippen LogP contribution in [0.15, 0.2) is 47.6 Å². The number of nitrogens with one attached hydrogen (secondary N) is 1. The molecule has 1 amide bonds. The number of benzene rings is 2. The average molecular weight is 434 g/mol. The lowest BCUT2D eigenvalue weighted by Crippen LogP contribution is -2.15. The van der Waals surface area contributed by atoms with E-state index in [0.29, 0.717) is 34.6 Å². The van der Waals surface area contributed by atoms with Crippen molar-refractivity contribution in [3.63, 3.8) is 0 Å². The number of methoxy groups -OCH3 is 2. The van der Waals surface area contributed by atoms with E-state index in [-0.39, 0.29) is 11.7 Å². The van der Waals surface area contributed by atoms with E-state index in [9.17, 15) is 9.59 Å². The van der Waals surface area contributed by atoms with Gasteiger partial charge in [0.2, 0.25) is 5.91 Å². The topological polar surface area (TPSA) is 82.5 Å². The van der Waals surface area contributed by atoms with Gasteiger partial charge in [-0.2, -0.15) is 0 Å². The normalized spacial score (nSPS) is 10.9. The fourth-order valence-corrected chi connectivity index (χ4v) is 3.77. The van der Waals surface area contributed by atoms with Crippen LogP contribution >= 0.6 is 23.4 Å². The van der Waals surface area contributed by atoms with Crippen LogP contribution in [0, 0.1) is 0 Å². The first kappa shape index (κ1) is 21.2. The Bertz CT molecular complexity index is 1040. The van der Waals surface area contributed by atoms with Crippen molar-refractivity contribution in [3.8, 4) is 0 Å². The summed E-state index contributed by atoms with van der Waals surface area (Å²) in [5.74, 6) is -0.506. The monoisotopic (exact) mass is 433 g/mol. The molecular weight excluding hydrogens is 414 g/mol. The zero-order chi connectivity index (χ0) is 20.8. The van der Waals surface area contributed by atoms with Crippen LogP contribution in [-0.2, 0) is 20.8 Å². The summed E-state index contributed by atoms with van der Waals surface area (Å²) in [5.41, 5.74) is 2.59. The van der Waals surface area contributed by atoms with Crippen LogP contribution in [0.1, 0.15) is 10.4 Å². The highest BCUT2D eigenvalue weighted by atomic mass is 35.5. The molecule has 0 saturated carbocycles. The van der Waals surface area contributed by atoms with Crippen LogP contribution in [-0.4, -0.2) is 48.0 Å². The van der Waals surface area contributed by atoms with Crippen LogP contribution in [0.4, 0.5) is 5.69 Å². The highest BCUT2D eigenvalue weighted by molar-refractivity contribution is 7.99. The highest BCUT2D eigenvalue weighted by Crippen LogP contribution is 2.26. The molecule has 0 unspecified atom stereocenters. The van der Waals surface area contributed by atoms with Crippen molar-refractivity contribution >= 4 is 52.0 Å². The summed E-state index contributed by atoms with van der Waals surface area (Å²) in [5, 5.41) is 4.10. The van der Waals surface area contributed by atoms with Gasteiger partial charge in [-0.1, -0.05) is 29.4 Å². The molecule has 3 rings (SSSR count). The lowest BCUT2D eigenvalue weighted by Gasteiger charge is -2.09. The van der Waals surface area contributed by atoms with E-state index in [0.717, 1.165) is 11.0 Å². The summed E-state index contributed by atoms with van der Waals surface area (Å²) in [4.78, 5) is 28.6. The minimum absolute atomic E-state index is 0.159. The number of thioether (sulfide) groups is 1. The van der Waals surface area contributed by atoms with Gasteiger partial charge in [-0.25, -0.2) is 9.78 Å². The van der Waals surface area contributed by atoms with Gasteiger partial charge in [0.15, 0.2) is 5.16 Å². The molecule has 0 aliphatic rings. The SMILES string of the molecule is COCCn1c(SCC(=O)Nc2cccc(C(=O)OC)c2)nc2cc(Cl)ccc21. The number of imidazole rings is 1. The Balaban J connectivity index is 1.71. The summed E-state index contributed by atoms with van der Waals surface area (Å²) in [7, 11) is 2.95. The number of esters is 1. The Morgan fingerprint density at radius 3 is 2.79 bits per heavy atom. The van der Waals surface area contributed by atoms with Crippen LogP contribution in [0.3, 0.4) is 0 Å². The minimum atomic E-state index is -0.457. The molecule has 0 atom stereocenters. The van der Waals surface area contributed by atoms with Crippen molar-refractivity contribution in [1.29, 1.82) is 0 Å². The molecule has 1 N–H and O–H groups in total. The molecule has 0 aliphatic heterocycles. The molecule has 0 saturated heterocycles. The summed E-state index contributed by atoms with van der Waals surface area (Å²) in [6, 6.07) is 12.1. The third kappa shape index (κ3) is 5.29. The van der Waals surface area contributed by atoms with E-state index >= 15 is 0 Å². The Hall–Kier alpha value is -2.55. The van der Waals surface area contributed by atoms with E-state index in [1.54, 1.807) is 37.4 Å². The van der Waals surface area contributed by atoms with Gasteiger partial charge < -0.3 is 19.4 Å². The van der Waals surface area contributed by atoms with E-state index in [1.807, 2.05) is 16.7 Å². The Morgan fingerprint density at radius 1 is 1.21 bits per heavy atom. The maximum Gasteiger partial charge on any atom is 0.337 e. The molecule has 29 heavy (non-hydrogen) atoms. The molecule has 0 spiro atoms. The predicted molar refractivity (Wildman–Crippen MR) is 114 cm³/mol. The maximum absolute atomic E-state index is 12.4. The van der Waals surface area contributed by atoms with Crippen molar-refractivity contribution in [2.24, 2.45) is 0 Å². The standard InChI is InChI=1S/C20H20ClN3O4S/c1-27-9-8-24-17-7-6-14(21)11-16(17)23-20(24)29-12-18(25)22-15-5-3-4-13(10-15)19(26)28-2/h3-7,10-11H,8-9,12H2,1-2H3,(H,22,25). The van der Waals surface area contributed by atoms with Crippen molar-refractivity contribution in [2.75, 3.05) is 31.9 Å². The van der Waals surface area contributed by atoms with E-state index in [1.165, 1.54) is 18.9 Å². The van der Waals surface area contributed by atoms with Crippen molar-refractivity contribution in [2.45, 2.75) is 11.7 Å². The molecule has 7 nitrogen and oxygen atoms in total. The second-order valence-electron chi connectivity index (χ2n) is 6.08. The first-order valence-corrected chi connectivity index (χ1v) is 10.1. The average Bonchev–Trinajstić information content (AvgIpc) is 3.06. The van der Waals surface area contributed by atoms with Gasteiger partial charge in [0.1, 0.15) is 0 Å². The number of rotatable bonds is 8. The smallest absolute Gasteiger partial charge is 0.337 e. The number of carbonyl (C=O) groups excluding carboxylic acids is 2. The lowest BCUT2D eigenvalue weighted by atomic mass is 10.2. The first-order chi connectivity index (χ1) is 14.0. The number of anilines is 1. The number of hydrogen-bond donors (Lipinski definition) is 1. The number of carbonyl (C=O) groups is 2. The molecule has 152 valence electrons. The number of aromatic nitrogens is 2. The summed E-state index contributed by atoms with van der Waals surface area (Å²) in [6.45, 7) is 1.13. The van der Waals surface area contributed by atoms with Crippen LogP contribution < -0.4 is 5.32 Å². The fraction of sp³-hybridized carbons (Fsp3) is 0.250. The number of ether oxygens (including phenoxy) is 2. The zero-order valence-corrected chi connectivity index (χ0v) is 17.5. The van der Waals surface area contributed by atoms with Gasteiger partial charge in [-0.3, -0.25) is 4.79 Å². The number of halogens is 1. The molecule has 0 fully saturated rings. The molecule has 1 aromatic heterocycles. The second-order valence-corrected chi connectivity index (χ2v) is 7.46. The van der Waals surface area contributed by atoms with Gasteiger partial charge in [0.25, 0.3) is 0 Å². The molecule has 1 heterocycles. The summed E-state index contributed by atoms with van der Waals surface area (Å²) in [6.07, 6.45) is 0. The third-order valence-corrected chi connectivity index (χ3v) is 5.31. The number of hydrogen-bond acceptors (Lipinski definition) is 6. The van der Waals surface area contributed by atoms with E-state index < -0.39 is 5.97 Å². The van der Waals surface area contributed by atoms with Gasteiger partial charge in [-0.05, 0) is 36.4 Å². The summed E-state index contributed by atoms with van der Waals surface area (Å²) < 4.78 is 11.9. The minimum Gasteiger partial charge on any atom is -0.465 e. The lowest BCUT2D eigenvalue weighted by molar-refractivity contribution is -0.113. The van der Waals surface area contributed by atoms with Gasteiger partial charge in [0.05, 0.1) is 36.1 Å². The van der Waals surface area contributed by atoms with Crippen molar-refractivity contribution < 1.29 is 19.1 Å². The molecule has 3 aromatic rings. The Labute approximate surface area is 177 Å². The largest absolute Gasteiger partial charge is 0.465 e. The van der Waals surface area contributed by atoms with Crippen LogP contribution in [0.2, 0.25) is 5.02 Å². The number of nitrogens with zero attached hydrogens (tertiary/aromatic N) is 2. The molecule has 2 aromatic carbocycles. The quantitative estimate of drug-likeness (QED) is 0.429. The number of fused-ring (bicyclic) bond motifs is 1. The Kier molecular flexibility index (Phi) is 7.13. The maximum atomic E-state index is 12.4. The highest BCUT2D eigenvalue weighted by Gasteiger charge is 2.14.